The number of nitrogens with one attached hydrogen (secondary N) is 1. The maximum Gasteiger partial charge on any atom is 0.261 e. The van der Waals surface area contributed by atoms with Gasteiger partial charge in [0.25, 0.3) is 10.0 Å². The maximum absolute atomic E-state index is 12.8. The van der Waals surface area contributed by atoms with Gasteiger partial charge in [-0.1, -0.05) is 49.7 Å². The zero-order valence-corrected chi connectivity index (χ0v) is 16.8. The molecule has 0 amide bonds. The molecule has 0 bridgehead atoms. The standard InChI is InChI=1S/C21H25N3O2S/c1-4-24(5-2)15-18-12-11-17-7-6-8-20(21(17)22-18)23-27(25,26)19-13-9-16(3)10-14-19/h6-14,23H,4-5,15H2,1-3H3. The zero-order valence-electron chi connectivity index (χ0n) is 15.9. The van der Waals surface area contributed by atoms with Crippen molar-refractivity contribution in [1.29, 1.82) is 0 Å². The van der Waals surface area contributed by atoms with E-state index in [4.69, 9.17) is 4.98 Å². The van der Waals surface area contributed by atoms with Gasteiger partial charge in [-0.15, -0.1) is 0 Å². The molecule has 27 heavy (non-hydrogen) atoms. The first-order valence-corrected chi connectivity index (χ1v) is 10.6. The van der Waals surface area contributed by atoms with Crippen molar-refractivity contribution < 1.29 is 8.42 Å². The second-order valence-electron chi connectivity index (χ2n) is 6.56. The van der Waals surface area contributed by atoms with Crippen molar-refractivity contribution in [2.24, 2.45) is 0 Å². The minimum atomic E-state index is -3.67. The number of nitrogens with zero attached hydrogens (tertiary/aromatic N) is 2. The average molecular weight is 384 g/mol. The number of rotatable bonds is 7. The Balaban J connectivity index is 1.97. The summed E-state index contributed by atoms with van der Waals surface area (Å²) >= 11 is 0. The first-order chi connectivity index (χ1) is 12.9. The van der Waals surface area contributed by atoms with Crippen LogP contribution in [0.25, 0.3) is 10.9 Å². The van der Waals surface area contributed by atoms with Gasteiger partial charge in [0, 0.05) is 11.9 Å². The molecule has 3 aromatic rings. The molecule has 0 fully saturated rings. The summed E-state index contributed by atoms with van der Waals surface area (Å²) in [5.74, 6) is 0. The van der Waals surface area contributed by atoms with Crippen LogP contribution >= 0.6 is 0 Å². The van der Waals surface area contributed by atoms with E-state index >= 15 is 0 Å². The molecule has 142 valence electrons. The number of sulfonamides is 1. The quantitative estimate of drug-likeness (QED) is 0.665. The van der Waals surface area contributed by atoms with Gasteiger partial charge in [0.05, 0.1) is 21.8 Å². The third-order valence-electron chi connectivity index (χ3n) is 4.63. The summed E-state index contributed by atoms with van der Waals surface area (Å²) in [5, 5.41) is 0.905. The van der Waals surface area contributed by atoms with E-state index in [0.717, 1.165) is 36.3 Å². The number of anilines is 1. The Kier molecular flexibility index (Phi) is 5.77. The number of pyridine rings is 1. The number of fused-ring (bicyclic) bond motifs is 1. The van der Waals surface area contributed by atoms with Gasteiger partial charge in [-0.3, -0.25) is 9.62 Å². The van der Waals surface area contributed by atoms with Crippen molar-refractivity contribution in [3.8, 4) is 0 Å². The molecule has 0 spiro atoms. The highest BCUT2D eigenvalue weighted by molar-refractivity contribution is 7.92. The van der Waals surface area contributed by atoms with Crippen LogP contribution in [0.15, 0.2) is 59.5 Å². The predicted molar refractivity (Wildman–Crippen MR) is 110 cm³/mol. The molecule has 0 saturated carbocycles. The molecule has 0 radical (unpaired) electrons. The molecule has 0 aliphatic heterocycles. The van der Waals surface area contributed by atoms with Crippen molar-refractivity contribution in [2.75, 3.05) is 17.8 Å². The van der Waals surface area contributed by atoms with E-state index < -0.39 is 10.0 Å². The third-order valence-corrected chi connectivity index (χ3v) is 6.01. The zero-order chi connectivity index (χ0) is 19.4. The predicted octanol–water partition coefficient (Wildman–Crippen LogP) is 4.19. The lowest BCUT2D eigenvalue weighted by Crippen LogP contribution is -2.22. The van der Waals surface area contributed by atoms with Crippen LogP contribution < -0.4 is 4.72 Å². The fraction of sp³-hybridized carbons (Fsp3) is 0.286. The number of aromatic nitrogens is 1. The van der Waals surface area contributed by atoms with E-state index in [-0.39, 0.29) is 4.90 Å². The van der Waals surface area contributed by atoms with Gasteiger partial charge >= 0.3 is 0 Å². The van der Waals surface area contributed by atoms with Crippen LogP contribution in [0, 0.1) is 6.92 Å². The first-order valence-electron chi connectivity index (χ1n) is 9.13. The molecule has 0 saturated heterocycles. The van der Waals surface area contributed by atoms with Crippen LogP contribution in [0.1, 0.15) is 25.1 Å². The summed E-state index contributed by atoms with van der Waals surface area (Å²) in [6, 6.07) is 16.3. The van der Waals surface area contributed by atoms with Gasteiger partial charge in [-0.05, 0) is 44.3 Å². The second-order valence-corrected chi connectivity index (χ2v) is 8.24. The summed E-state index contributed by atoms with van der Waals surface area (Å²) in [7, 11) is -3.67. The lowest BCUT2D eigenvalue weighted by Gasteiger charge is -2.18. The van der Waals surface area contributed by atoms with Crippen LogP contribution in [-0.2, 0) is 16.6 Å². The molecule has 2 aromatic carbocycles. The SMILES string of the molecule is CCN(CC)Cc1ccc2cccc(NS(=O)(=O)c3ccc(C)cc3)c2n1. The highest BCUT2D eigenvalue weighted by Crippen LogP contribution is 2.25. The normalized spacial score (nSPS) is 11.9. The lowest BCUT2D eigenvalue weighted by atomic mass is 10.1. The largest absolute Gasteiger partial charge is 0.298 e. The number of hydrogen-bond donors (Lipinski definition) is 1. The van der Waals surface area contributed by atoms with E-state index in [1.54, 1.807) is 30.3 Å². The number of benzene rings is 2. The lowest BCUT2D eigenvalue weighted by molar-refractivity contribution is 0.292. The average Bonchev–Trinajstić information content (AvgIpc) is 2.66. The Hall–Kier alpha value is -2.44. The molecule has 6 heteroatoms. The molecular formula is C21H25N3O2S. The molecule has 0 atom stereocenters. The summed E-state index contributed by atoms with van der Waals surface area (Å²) in [5.41, 5.74) is 3.10. The molecule has 0 aliphatic rings. The highest BCUT2D eigenvalue weighted by Gasteiger charge is 2.16. The molecule has 5 nitrogen and oxygen atoms in total. The fourth-order valence-corrected chi connectivity index (χ4v) is 4.02. The van der Waals surface area contributed by atoms with Crippen molar-refractivity contribution >= 4 is 26.6 Å². The van der Waals surface area contributed by atoms with Gasteiger partial charge in [-0.2, -0.15) is 0 Å². The first kappa shape index (κ1) is 19.3. The third kappa shape index (κ3) is 4.46. The number of aryl methyl sites for hydroxylation is 1. The van der Waals surface area contributed by atoms with Gasteiger partial charge in [0.2, 0.25) is 0 Å². The minimum absolute atomic E-state index is 0.240. The van der Waals surface area contributed by atoms with E-state index in [1.807, 2.05) is 31.2 Å². The molecule has 1 heterocycles. The number of para-hydroxylation sites is 1. The Bertz CT molecular complexity index is 1030. The molecule has 0 aliphatic carbocycles. The Labute approximate surface area is 161 Å². The van der Waals surface area contributed by atoms with Crippen LogP contribution in [0.3, 0.4) is 0 Å². The molecule has 1 aromatic heterocycles. The summed E-state index contributed by atoms with van der Waals surface area (Å²) in [4.78, 5) is 7.25. The van der Waals surface area contributed by atoms with Crippen molar-refractivity contribution in [3.63, 3.8) is 0 Å². The van der Waals surface area contributed by atoms with E-state index in [0.29, 0.717) is 11.2 Å². The molecule has 3 rings (SSSR count). The Morgan fingerprint density at radius 2 is 1.67 bits per heavy atom. The highest BCUT2D eigenvalue weighted by atomic mass is 32.2. The number of hydrogen-bond acceptors (Lipinski definition) is 4. The summed E-state index contributed by atoms with van der Waals surface area (Å²) in [6.45, 7) is 8.78. The van der Waals surface area contributed by atoms with Crippen molar-refractivity contribution in [1.82, 2.24) is 9.88 Å². The second kappa shape index (κ2) is 8.06. The van der Waals surface area contributed by atoms with E-state index in [1.165, 1.54) is 0 Å². The van der Waals surface area contributed by atoms with Gasteiger partial charge in [0.15, 0.2) is 0 Å². The van der Waals surface area contributed by atoms with Crippen LogP contribution in [0.4, 0.5) is 5.69 Å². The summed E-state index contributed by atoms with van der Waals surface area (Å²) in [6.07, 6.45) is 0. The molecule has 1 N–H and O–H groups in total. The summed E-state index contributed by atoms with van der Waals surface area (Å²) < 4.78 is 28.2. The monoisotopic (exact) mass is 383 g/mol. The smallest absolute Gasteiger partial charge is 0.261 e. The van der Waals surface area contributed by atoms with Gasteiger partial charge in [-0.25, -0.2) is 13.4 Å². The Morgan fingerprint density at radius 1 is 0.963 bits per heavy atom. The van der Waals surface area contributed by atoms with E-state index in [9.17, 15) is 8.42 Å². The van der Waals surface area contributed by atoms with Crippen molar-refractivity contribution in [3.05, 3.63) is 65.9 Å². The maximum atomic E-state index is 12.8. The van der Waals surface area contributed by atoms with E-state index in [2.05, 4.69) is 23.5 Å². The molecule has 0 unspecified atom stereocenters. The molecular weight excluding hydrogens is 358 g/mol. The van der Waals surface area contributed by atoms with Crippen LogP contribution in [0.5, 0.6) is 0 Å². The minimum Gasteiger partial charge on any atom is -0.298 e. The van der Waals surface area contributed by atoms with Crippen molar-refractivity contribution in [2.45, 2.75) is 32.2 Å². The van der Waals surface area contributed by atoms with Crippen LogP contribution in [0.2, 0.25) is 0 Å². The fourth-order valence-electron chi connectivity index (χ4n) is 2.96. The topological polar surface area (TPSA) is 62.3 Å². The van der Waals surface area contributed by atoms with Gasteiger partial charge in [0.1, 0.15) is 0 Å². The van der Waals surface area contributed by atoms with Gasteiger partial charge < -0.3 is 0 Å². The van der Waals surface area contributed by atoms with Crippen LogP contribution in [-0.4, -0.2) is 31.4 Å². The Morgan fingerprint density at radius 3 is 2.33 bits per heavy atom.